The minimum absolute atomic E-state index is 0.113. The Kier molecular flexibility index (Phi) is 3.46. The standard InChI is InChI=1S/C12H9N3O4/c1-19-12(16)8-2-3-9(11(6-8)15(17)18)10-7-13-4-5-14-10/h2-7H,1H3. The summed E-state index contributed by atoms with van der Waals surface area (Å²) in [6.45, 7) is 0. The van der Waals surface area contributed by atoms with E-state index in [9.17, 15) is 14.9 Å². The van der Waals surface area contributed by atoms with Gasteiger partial charge in [-0.1, -0.05) is 0 Å². The lowest BCUT2D eigenvalue weighted by atomic mass is 10.1. The number of carbonyl (C=O) groups excluding carboxylic acids is 1. The molecular weight excluding hydrogens is 250 g/mol. The predicted molar refractivity (Wildman–Crippen MR) is 65.5 cm³/mol. The fourth-order valence-electron chi connectivity index (χ4n) is 1.58. The number of hydrogen-bond donors (Lipinski definition) is 0. The van der Waals surface area contributed by atoms with E-state index in [1.54, 1.807) is 0 Å². The first-order valence-corrected chi connectivity index (χ1v) is 5.26. The Bertz CT molecular complexity index is 628. The molecule has 7 nitrogen and oxygen atoms in total. The number of ether oxygens (including phenoxy) is 1. The van der Waals surface area contributed by atoms with E-state index in [4.69, 9.17) is 0 Å². The highest BCUT2D eigenvalue weighted by Crippen LogP contribution is 2.29. The topological polar surface area (TPSA) is 95.2 Å². The molecule has 1 aromatic heterocycles. The van der Waals surface area contributed by atoms with Crippen molar-refractivity contribution in [2.45, 2.75) is 0 Å². The number of carbonyl (C=O) groups is 1. The summed E-state index contributed by atoms with van der Waals surface area (Å²) in [5, 5.41) is 11.1. The Hall–Kier alpha value is -2.83. The average Bonchev–Trinajstić information content (AvgIpc) is 2.46. The molecule has 19 heavy (non-hydrogen) atoms. The van der Waals surface area contributed by atoms with Gasteiger partial charge in [0.15, 0.2) is 0 Å². The van der Waals surface area contributed by atoms with Crippen LogP contribution in [-0.2, 0) is 4.74 Å². The molecule has 0 N–H and O–H groups in total. The Balaban J connectivity index is 2.57. The summed E-state index contributed by atoms with van der Waals surface area (Å²) in [5.41, 5.74) is 0.557. The van der Waals surface area contributed by atoms with Crippen molar-refractivity contribution in [1.82, 2.24) is 9.97 Å². The summed E-state index contributed by atoms with van der Waals surface area (Å²) in [7, 11) is 1.21. The van der Waals surface area contributed by atoms with E-state index in [2.05, 4.69) is 14.7 Å². The largest absolute Gasteiger partial charge is 0.465 e. The lowest BCUT2D eigenvalue weighted by Crippen LogP contribution is -2.03. The molecule has 0 unspecified atom stereocenters. The monoisotopic (exact) mass is 259 g/mol. The summed E-state index contributed by atoms with van der Waals surface area (Å²) in [4.78, 5) is 29.7. The van der Waals surface area contributed by atoms with E-state index < -0.39 is 10.9 Å². The zero-order valence-electron chi connectivity index (χ0n) is 9.94. The highest BCUT2D eigenvalue weighted by atomic mass is 16.6. The number of rotatable bonds is 3. The molecule has 0 aliphatic carbocycles. The van der Waals surface area contributed by atoms with Crippen LogP contribution in [0, 0.1) is 10.1 Å². The van der Waals surface area contributed by atoms with Gasteiger partial charge in [-0.2, -0.15) is 0 Å². The van der Waals surface area contributed by atoms with Crippen LogP contribution in [0.25, 0.3) is 11.3 Å². The van der Waals surface area contributed by atoms with Crippen LogP contribution in [-0.4, -0.2) is 28.0 Å². The minimum Gasteiger partial charge on any atom is -0.465 e. The maximum Gasteiger partial charge on any atom is 0.338 e. The van der Waals surface area contributed by atoms with Crippen LogP contribution in [0.2, 0.25) is 0 Å². The number of benzene rings is 1. The molecule has 2 rings (SSSR count). The molecule has 1 heterocycles. The SMILES string of the molecule is COC(=O)c1ccc(-c2cnccn2)c([N+](=O)[O-])c1. The Morgan fingerprint density at radius 3 is 2.74 bits per heavy atom. The highest BCUT2D eigenvalue weighted by molar-refractivity contribution is 5.91. The summed E-state index contributed by atoms with van der Waals surface area (Å²) in [6, 6.07) is 4.06. The highest BCUT2D eigenvalue weighted by Gasteiger charge is 2.19. The van der Waals surface area contributed by atoms with Gasteiger partial charge in [0, 0.05) is 18.5 Å². The van der Waals surface area contributed by atoms with E-state index in [1.165, 1.54) is 37.8 Å². The molecule has 0 atom stereocenters. The van der Waals surface area contributed by atoms with Crippen molar-refractivity contribution < 1.29 is 14.5 Å². The van der Waals surface area contributed by atoms with Gasteiger partial charge in [0.25, 0.3) is 5.69 Å². The third-order valence-corrected chi connectivity index (χ3v) is 2.45. The van der Waals surface area contributed by atoms with Gasteiger partial charge in [-0.3, -0.25) is 20.1 Å². The number of esters is 1. The number of aromatic nitrogens is 2. The van der Waals surface area contributed by atoms with E-state index >= 15 is 0 Å². The first-order valence-electron chi connectivity index (χ1n) is 5.26. The third-order valence-electron chi connectivity index (χ3n) is 2.45. The molecule has 7 heteroatoms. The summed E-state index contributed by atoms with van der Waals surface area (Å²) in [5.74, 6) is -0.631. The molecule has 0 amide bonds. The van der Waals surface area contributed by atoms with Crippen LogP contribution in [0.3, 0.4) is 0 Å². The zero-order chi connectivity index (χ0) is 13.8. The van der Waals surface area contributed by atoms with Gasteiger partial charge in [-0.05, 0) is 12.1 Å². The van der Waals surface area contributed by atoms with Gasteiger partial charge in [-0.25, -0.2) is 4.79 Å². The van der Waals surface area contributed by atoms with Crippen molar-refractivity contribution in [3.63, 3.8) is 0 Å². The van der Waals surface area contributed by atoms with Crippen molar-refractivity contribution in [3.05, 3.63) is 52.5 Å². The lowest BCUT2D eigenvalue weighted by Gasteiger charge is -2.04. The normalized spacial score (nSPS) is 9.95. The lowest BCUT2D eigenvalue weighted by molar-refractivity contribution is -0.384. The van der Waals surface area contributed by atoms with Crippen molar-refractivity contribution in [3.8, 4) is 11.3 Å². The number of nitro benzene ring substituents is 1. The number of hydrogen-bond acceptors (Lipinski definition) is 6. The van der Waals surface area contributed by atoms with E-state index in [0.717, 1.165) is 6.07 Å². The fourth-order valence-corrected chi connectivity index (χ4v) is 1.58. The van der Waals surface area contributed by atoms with Crippen LogP contribution in [0.4, 0.5) is 5.69 Å². The first-order chi connectivity index (χ1) is 9.13. The summed E-state index contributed by atoms with van der Waals surface area (Å²) in [6.07, 6.45) is 4.32. The molecule has 0 saturated heterocycles. The third kappa shape index (κ3) is 2.54. The van der Waals surface area contributed by atoms with Crippen LogP contribution in [0.5, 0.6) is 0 Å². The summed E-state index contributed by atoms with van der Waals surface area (Å²) < 4.78 is 4.53. The maximum absolute atomic E-state index is 11.4. The van der Waals surface area contributed by atoms with Crippen molar-refractivity contribution in [1.29, 1.82) is 0 Å². The minimum atomic E-state index is -0.631. The van der Waals surface area contributed by atoms with Gasteiger partial charge in [0.2, 0.25) is 0 Å². The first kappa shape index (κ1) is 12.6. The molecule has 0 saturated carbocycles. The molecule has 0 spiro atoms. The average molecular weight is 259 g/mol. The Labute approximate surface area is 108 Å². The van der Waals surface area contributed by atoms with Crippen LogP contribution in [0.15, 0.2) is 36.8 Å². The maximum atomic E-state index is 11.4. The number of nitrogens with zero attached hydrogens (tertiary/aromatic N) is 3. The molecule has 2 aromatic rings. The molecular formula is C12H9N3O4. The van der Waals surface area contributed by atoms with Gasteiger partial charge in [0.1, 0.15) is 0 Å². The number of nitro groups is 1. The molecule has 0 aliphatic rings. The second kappa shape index (κ2) is 5.21. The second-order valence-electron chi connectivity index (χ2n) is 3.57. The van der Waals surface area contributed by atoms with Gasteiger partial charge < -0.3 is 4.74 Å². The van der Waals surface area contributed by atoms with E-state index in [0.29, 0.717) is 11.3 Å². The molecule has 0 fully saturated rings. The van der Waals surface area contributed by atoms with Gasteiger partial charge in [-0.15, -0.1) is 0 Å². The van der Waals surface area contributed by atoms with Crippen molar-refractivity contribution >= 4 is 11.7 Å². The zero-order valence-corrected chi connectivity index (χ0v) is 9.94. The van der Waals surface area contributed by atoms with E-state index in [-0.39, 0.29) is 11.3 Å². The molecule has 0 aliphatic heterocycles. The molecule has 96 valence electrons. The molecule has 0 radical (unpaired) electrons. The van der Waals surface area contributed by atoms with Crippen LogP contribution >= 0.6 is 0 Å². The van der Waals surface area contributed by atoms with Gasteiger partial charge in [0.05, 0.1) is 35.1 Å². The van der Waals surface area contributed by atoms with Crippen LogP contribution in [0.1, 0.15) is 10.4 Å². The Morgan fingerprint density at radius 2 is 2.16 bits per heavy atom. The quantitative estimate of drug-likeness (QED) is 0.474. The van der Waals surface area contributed by atoms with Crippen molar-refractivity contribution in [2.75, 3.05) is 7.11 Å². The smallest absolute Gasteiger partial charge is 0.338 e. The predicted octanol–water partition coefficient (Wildman–Crippen LogP) is 1.84. The molecule has 1 aromatic carbocycles. The van der Waals surface area contributed by atoms with Crippen molar-refractivity contribution in [2.24, 2.45) is 0 Å². The Morgan fingerprint density at radius 1 is 1.37 bits per heavy atom. The van der Waals surface area contributed by atoms with Crippen LogP contribution < -0.4 is 0 Å². The summed E-state index contributed by atoms with van der Waals surface area (Å²) >= 11 is 0. The fraction of sp³-hybridized carbons (Fsp3) is 0.0833. The van der Waals surface area contributed by atoms with E-state index in [1.807, 2.05) is 0 Å². The van der Waals surface area contributed by atoms with Gasteiger partial charge >= 0.3 is 5.97 Å². The second-order valence-corrected chi connectivity index (χ2v) is 3.57. The molecule has 0 bridgehead atoms. The number of methoxy groups -OCH3 is 1.